The maximum Gasteiger partial charge on any atom is 0.275 e. The molecule has 150 valence electrons. The highest BCUT2D eigenvalue weighted by atomic mass is 32.1. The third kappa shape index (κ3) is 4.40. The first-order valence-corrected chi connectivity index (χ1v) is 10.7. The van der Waals surface area contributed by atoms with E-state index in [1.54, 1.807) is 42.8 Å². The minimum absolute atomic E-state index is 0.159. The summed E-state index contributed by atoms with van der Waals surface area (Å²) < 4.78 is 5.36. The van der Waals surface area contributed by atoms with Gasteiger partial charge in [-0.15, -0.1) is 22.7 Å². The maximum atomic E-state index is 12.6. The van der Waals surface area contributed by atoms with Gasteiger partial charge in [-0.2, -0.15) is 0 Å². The van der Waals surface area contributed by atoms with Crippen molar-refractivity contribution >= 4 is 45.9 Å². The first-order chi connectivity index (χ1) is 14.6. The highest BCUT2D eigenvalue weighted by molar-refractivity contribution is 7.13. The summed E-state index contributed by atoms with van der Waals surface area (Å²) in [5.74, 6) is 0.245. The Balaban J connectivity index is 1.42. The molecule has 30 heavy (non-hydrogen) atoms. The smallest absolute Gasteiger partial charge is 0.275 e. The van der Waals surface area contributed by atoms with Crippen LogP contribution in [0.25, 0.3) is 10.6 Å². The molecule has 0 bridgehead atoms. The van der Waals surface area contributed by atoms with Gasteiger partial charge in [0.15, 0.2) is 0 Å². The molecule has 0 fully saturated rings. The number of anilines is 2. The van der Waals surface area contributed by atoms with Gasteiger partial charge < -0.3 is 15.4 Å². The van der Waals surface area contributed by atoms with E-state index in [0.717, 1.165) is 5.56 Å². The third-order valence-electron chi connectivity index (χ3n) is 4.22. The number of methoxy groups -OCH3 is 1. The second-order valence-electron chi connectivity index (χ2n) is 6.20. The Morgan fingerprint density at radius 3 is 2.23 bits per heavy atom. The summed E-state index contributed by atoms with van der Waals surface area (Å²) in [4.78, 5) is 29.7. The quantitative estimate of drug-likeness (QED) is 0.426. The SMILES string of the molecule is COc1ccccc1-c1nc(C(=O)Nc2ccc(NC(=O)c3cccs3)cc2)cs1. The van der Waals surface area contributed by atoms with Gasteiger partial charge in [-0.05, 0) is 47.8 Å². The maximum absolute atomic E-state index is 12.6. The molecule has 0 saturated heterocycles. The number of para-hydroxylation sites is 1. The van der Waals surface area contributed by atoms with Crippen LogP contribution < -0.4 is 15.4 Å². The molecule has 4 aromatic rings. The lowest BCUT2D eigenvalue weighted by atomic mass is 10.2. The molecule has 0 saturated carbocycles. The van der Waals surface area contributed by atoms with E-state index >= 15 is 0 Å². The van der Waals surface area contributed by atoms with Crippen molar-refractivity contribution in [1.82, 2.24) is 4.98 Å². The first kappa shape index (κ1) is 19.8. The molecule has 0 atom stereocenters. The van der Waals surface area contributed by atoms with E-state index in [9.17, 15) is 9.59 Å². The number of nitrogens with zero attached hydrogens (tertiary/aromatic N) is 1. The van der Waals surface area contributed by atoms with E-state index < -0.39 is 0 Å². The Morgan fingerprint density at radius 1 is 0.867 bits per heavy atom. The molecule has 2 N–H and O–H groups in total. The van der Waals surface area contributed by atoms with Gasteiger partial charge >= 0.3 is 0 Å². The van der Waals surface area contributed by atoms with Crippen molar-refractivity contribution in [1.29, 1.82) is 0 Å². The zero-order chi connectivity index (χ0) is 20.9. The Bertz CT molecular complexity index is 1170. The summed E-state index contributed by atoms with van der Waals surface area (Å²) in [7, 11) is 1.60. The lowest BCUT2D eigenvalue weighted by Crippen LogP contribution is -2.13. The van der Waals surface area contributed by atoms with Crippen LogP contribution in [-0.2, 0) is 0 Å². The minimum atomic E-state index is -0.303. The Labute approximate surface area is 181 Å². The second-order valence-corrected chi connectivity index (χ2v) is 8.01. The van der Waals surface area contributed by atoms with E-state index in [-0.39, 0.29) is 11.8 Å². The van der Waals surface area contributed by atoms with Crippen molar-refractivity contribution in [2.24, 2.45) is 0 Å². The number of hydrogen-bond acceptors (Lipinski definition) is 6. The number of hydrogen-bond donors (Lipinski definition) is 2. The number of nitrogens with one attached hydrogen (secondary N) is 2. The van der Waals surface area contributed by atoms with Crippen LogP contribution in [0.5, 0.6) is 5.75 Å². The van der Waals surface area contributed by atoms with Crippen LogP contribution in [0.4, 0.5) is 11.4 Å². The van der Waals surface area contributed by atoms with E-state index in [0.29, 0.717) is 32.7 Å². The van der Waals surface area contributed by atoms with Gasteiger partial charge in [0.05, 0.1) is 17.6 Å². The summed E-state index contributed by atoms with van der Waals surface area (Å²) in [6.45, 7) is 0. The highest BCUT2D eigenvalue weighted by Crippen LogP contribution is 2.32. The normalized spacial score (nSPS) is 10.4. The Hall–Kier alpha value is -3.49. The van der Waals surface area contributed by atoms with Crippen molar-refractivity contribution in [2.45, 2.75) is 0 Å². The predicted octanol–water partition coefficient (Wildman–Crippen LogP) is 5.38. The van der Waals surface area contributed by atoms with Gasteiger partial charge in [0.25, 0.3) is 11.8 Å². The van der Waals surface area contributed by atoms with Crippen molar-refractivity contribution in [3.05, 3.63) is 82.0 Å². The molecule has 2 amide bonds. The number of amides is 2. The molecule has 8 heteroatoms. The number of aromatic nitrogens is 1. The number of carbonyl (C=O) groups excluding carboxylic acids is 2. The number of rotatable bonds is 6. The minimum Gasteiger partial charge on any atom is -0.496 e. The monoisotopic (exact) mass is 435 g/mol. The number of thiophene rings is 1. The molecular formula is C22H17N3O3S2. The molecule has 0 aliphatic rings. The van der Waals surface area contributed by atoms with Crippen LogP contribution in [0.2, 0.25) is 0 Å². The number of benzene rings is 2. The number of ether oxygens (including phenoxy) is 1. The molecule has 2 heterocycles. The largest absolute Gasteiger partial charge is 0.496 e. The zero-order valence-corrected chi connectivity index (χ0v) is 17.5. The lowest BCUT2D eigenvalue weighted by Gasteiger charge is -2.07. The summed E-state index contributed by atoms with van der Waals surface area (Å²) in [5.41, 5.74) is 2.44. The van der Waals surface area contributed by atoms with E-state index in [1.807, 2.05) is 35.7 Å². The summed E-state index contributed by atoms with van der Waals surface area (Å²) >= 11 is 2.76. The molecule has 2 aromatic carbocycles. The van der Waals surface area contributed by atoms with E-state index in [2.05, 4.69) is 15.6 Å². The Morgan fingerprint density at radius 2 is 1.57 bits per heavy atom. The van der Waals surface area contributed by atoms with Crippen molar-refractivity contribution in [3.63, 3.8) is 0 Å². The van der Waals surface area contributed by atoms with Crippen molar-refractivity contribution in [2.75, 3.05) is 17.7 Å². The second kappa shape index (κ2) is 8.89. The molecule has 0 unspecified atom stereocenters. The van der Waals surface area contributed by atoms with Gasteiger partial charge in [0.1, 0.15) is 16.5 Å². The van der Waals surface area contributed by atoms with E-state index in [4.69, 9.17) is 4.74 Å². The number of thiazole rings is 1. The molecule has 0 radical (unpaired) electrons. The fourth-order valence-corrected chi connectivity index (χ4v) is 4.20. The van der Waals surface area contributed by atoms with Crippen LogP contribution in [0.3, 0.4) is 0 Å². The topological polar surface area (TPSA) is 80.3 Å². The standard InChI is InChI=1S/C22H17N3O3S2/c1-28-18-6-3-2-5-16(18)22-25-17(13-30-22)20(26)23-14-8-10-15(11-9-14)24-21(27)19-7-4-12-29-19/h2-13H,1H3,(H,23,26)(H,24,27). The molecule has 4 rings (SSSR count). The average molecular weight is 436 g/mol. The molecule has 6 nitrogen and oxygen atoms in total. The summed E-state index contributed by atoms with van der Waals surface area (Å²) in [6, 6.07) is 18.1. The van der Waals surface area contributed by atoms with Gasteiger partial charge in [-0.25, -0.2) is 4.98 Å². The van der Waals surface area contributed by atoms with Gasteiger partial charge in [-0.3, -0.25) is 9.59 Å². The summed E-state index contributed by atoms with van der Waals surface area (Å²) in [5, 5.41) is 9.93. The molecule has 0 spiro atoms. The zero-order valence-electron chi connectivity index (χ0n) is 15.9. The van der Waals surface area contributed by atoms with E-state index in [1.165, 1.54) is 22.7 Å². The van der Waals surface area contributed by atoms with Crippen LogP contribution >= 0.6 is 22.7 Å². The molecular weight excluding hydrogens is 418 g/mol. The Kier molecular flexibility index (Phi) is 5.87. The van der Waals surface area contributed by atoms with Gasteiger partial charge in [0.2, 0.25) is 0 Å². The van der Waals surface area contributed by atoms with Crippen LogP contribution in [0.1, 0.15) is 20.2 Å². The fourth-order valence-electron chi connectivity index (χ4n) is 2.76. The average Bonchev–Trinajstić information content (AvgIpc) is 3.47. The van der Waals surface area contributed by atoms with Crippen LogP contribution in [0.15, 0.2) is 71.4 Å². The van der Waals surface area contributed by atoms with Crippen molar-refractivity contribution < 1.29 is 14.3 Å². The number of carbonyl (C=O) groups is 2. The van der Waals surface area contributed by atoms with Crippen LogP contribution in [-0.4, -0.2) is 23.9 Å². The van der Waals surface area contributed by atoms with Gasteiger partial charge in [0, 0.05) is 16.8 Å². The van der Waals surface area contributed by atoms with Crippen LogP contribution in [0, 0.1) is 0 Å². The third-order valence-corrected chi connectivity index (χ3v) is 5.96. The molecule has 0 aliphatic carbocycles. The molecule has 2 aromatic heterocycles. The summed E-state index contributed by atoms with van der Waals surface area (Å²) in [6.07, 6.45) is 0. The first-order valence-electron chi connectivity index (χ1n) is 8.99. The fraction of sp³-hybridized carbons (Fsp3) is 0.0455. The predicted molar refractivity (Wildman–Crippen MR) is 121 cm³/mol. The van der Waals surface area contributed by atoms with Gasteiger partial charge in [-0.1, -0.05) is 18.2 Å². The lowest BCUT2D eigenvalue weighted by molar-refractivity contribution is 0.101. The molecule has 0 aliphatic heterocycles. The highest BCUT2D eigenvalue weighted by Gasteiger charge is 2.15. The van der Waals surface area contributed by atoms with Crippen molar-refractivity contribution in [3.8, 4) is 16.3 Å².